The van der Waals surface area contributed by atoms with Crippen LogP contribution in [0.3, 0.4) is 0 Å². The quantitative estimate of drug-likeness (QED) is 0.329. The van der Waals surface area contributed by atoms with E-state index < -0.39 is 0 Å². The highest BCUT2D eigenvalue weighted by molar-refractivity contribution is 14.0. The Morgan fingerprint density at radius 2 is 1.83 bits per heavy atom. The van der Waals surface area contributed by atoms with Gasteiger partial charge in [-0.2, -0.15) is 0 Å². The molecule has 0 bridgehead atoms. The monoisotopic (exact) mass is 533 g/mol. The third-order valence-corrected chi connectivity index (χ3v) is 6.12. The minimum Gasteiger partial charge on any atom is -0.444 e. The van der Waals surface area contributed by atoms with Gasteiger partial charge in [0.15, 0.2) is 5.96 Å². The maximum absolute atomic E-state index is 5.78. The van der Waals surface area contributed by atoms with Crippen molar-refractivity contribution in [2.24, 2.45) is 10.9 Å². The van der Waals surface area contributed by atoms with Gasteiger partial charge in [0.05, 0.1) is 18.3 Å². The molecule has 2 aliphatic rings. The largest absolute Gasteiger partial charge is 0.444 e. The van der Waals surface area contributed by atoms with Gasteiger partial charge in [-0.25, -0.2) is 4.98 Å². The van der Waals surface area contributed by atoms with E-state index in [0.29, 0.717) is 12.0 Å². The summed E-state index contributed by atoms with van der Waals surface area (Å²) in [6.45, 7) is 15.9. The normalized spacial score (nSPS) is 19.7. The standard InChI is InChI=1S/C22H39N5O2.HI/c1-5-23-22(27-13-9-20(10-14-27)28-6-2)24-15-19-7-11-26(12-8-19)16-21-25-17(3)18(4)29-21;/h19-20H,5-16H2,1-4H3,(H,23,24);1H. The number of piperidine rings is 2. The Morgan fingerprint density at radius 1 is 1.13 bits per heavy atom. The molecule has 2 saturated heterocycles. The lowest BCUT2D eigenvalue weighted by Crippen LogP contribution is -2.47. The Morgan fingerprint density at radius 3 is 2.40 bits per heavy atom. The molecule has 0 unspecified atom stereocenters. The highest BCUT2D eigenvalue weighted by Crippen LogP contribution is 2.20. The summed E-state index contributed by atoms with van der Waals surface area (Å²) < 4.78 is 11.5. The number of hydrogen-bond donors (Lipinski definition) is 1. The van der Waals surface area contributed by atoms with E-state index in [-0.39, 0.29) is 24.0 Å². The summed E-state index contributed by atoms with van der Waals surface area (Å²) in [6, 6.07) is 0. The summed E-state index contributed by atoms with van der Waals surface area (Å²) in [5.74, 6) is 3.52. The lowest BCUT2D eigenvalue weighted by atomic mass is 9.97. The number of aryl methyl sites for hydroxylation is 2. The molecule has 0 spiro atoms. The molecule has 0 atom stereocenters. The molecule has 3 heterocycles. The SMILES string of the molecule is CCNC(=NCC1CCN(Cc2nc(C)c(C)o2)CC1)N1CCC(OCC)CC1.I. The van der Waals surface area contributed by atoms with Gasteiger partial charge in [-0.05, 0) is 72.4 Å². The number of nitrogens with zero attached hydrogens (tertiary/aromatic N) is 4. The van der Waals surface area contributed by atoms with Crippen molar-refractivity contribution in [2.75, 3.05) is 45.9 Å². The Kier molecular flexibility index (Phi) is 10.9. The smallest absolute Gasteiger partial charge is 0.208 e. The molecule has 1 N–H and O–H groups in total. The summed E-state index contributed by atoms with van der Waals surface area (Å²) in [6.07, 6.45) is 4.98. The molecule has 0 amide bonds. The molecule has 0 radical (unpaired) electrons. The van der Waals surface area contributed by atoms with E-state index in [4.69, 9.17) is 14.1 Å². The molecule has 3 rings (SSSR count). The first kappa shape index (κ1) is 25.4. The summed E-state index contributed by atoms with van der Waals surface area (Å²) in [5.41, 5.74) is 1.01. The fraction of sp³-hybridized carbons (Fsp3) is 0.818. The maximum Gasteiger partial charge on any atom is 0.208 e. The number of oxazole rings is 1. The highest BCUT2D eigenvalue weighted by atomic mass is 127. The van der Waals surface area contributed by atoms with Crippen LogP contribution in [-0.4, -0.2) is 72.7 Å². The van der Waals surface area contributed by atoms with Crippen LogP contribution in [0.4, 0.5) is 0 Å². The van der Waals surface area contributed by atoms with Gasteiger partial charge in [0.25, 0.3) is 0 Å². The predicted molar refractivity (Wildman–Crippen MR) is 132 cm³/mol. The van der Waals surface area contributed by atoms with Crippen LogP contribution in [0.25, 0.3) is 0 Å². The van der Waals surface area contributed by atoms with Crippen LogP contribution in [0.5, 0.6) is 0 Å². The van der Waals surface area contributed by atoms with Crippen LogP contribution in [0.15, 0.2) is 9.41 Å². The molecule has 0 aliphatic carbocycles. The molecule has 172 valence electrons. The van der Waals surface area contributed by atoms with E-state index in [1.165, 1.54) is 12.8 Å². The van der Waals surface area contributed by atoms with Gasteiger partial charge < -0.3 is 19.4 Å². The van der Waals surface area contributed by atoms with Crippen molar-refractivity contribution in [1.82, 2.24) is 20.1 Å². The number of aliphatic imine (C=N–C) groups is 1. The molecule has 7 nitrogen and oxygen atoms in total. The Labute approximate surface area is 199 Å². The number of aromatic nitrogens is 1. The van der Waals surface area contributed by atoms with Crippen molar-refractivity contribution in [1.29, 1.82) is 0 Å². The third-order valence-electron chi connectivity index (χ3n) is 6.12. The van der Waals surface area contributed by atoms with E-state index in [1.807, 2.05) is 13.8 Å². The van der Waals surface area contributed by atoms with Crippen molar-refractivity contribution in [3.63, 3.8) is 0 Å². The van der Waals surface area contributed by atoms with Crippen molar-refractivity contribution < 1.29 is 9.15 Å². The second-order valence-corrected chi connectivity index (χ2v) is 8.31. The van der Waals surface area contributed by atoms with Crippen LogP contribution >= 0.6 is 24.0 Å². The highest BCUT2D eigenvalue weighted by Gasteiger charge is 2.23. The predicted octanol–water partition coefficient (Wildman–Crippen LogP) is 3.59. The molecule has 1 aromatic heterocycles. The van der Waals surface area contributed by atoms with Gasteiger partial charge >= 0.3 is 0 Å². The lowest BCUT2D eigenvalue weighted by molar-refractivity contribution is 0.0263. The molecular weight excluding hydrogens is 493 g/mol. The first-order valence-corrected chi connectivity index (χ1v) is 11.4. The zero-order valence-electron chi connectivity index (χ0n) is 19.2. The molecule has 1 aromatic rings. The molecule has 0 saturated carbocycles. The van der Waals surface area contributed by atoms with Crippen molar-refractivity contribution in [2.45, 2.75) is 66.0 Å². The summed E-state index contributed by atoms with van der Waals surface area (Å²) in [5, 5.41) is 3.49. The Bertz CT molecular complexity index is 630. The summed E-state index contributed by atoms with van der Waals surface area (Å²) >= 11 is 0. The molecule has 0 aromatic carbocycles. The van der Waals surface area contributed by atoms with Gasteiger partial charge in [0.1, 0.15) is 5.76 Å². The summed E-state index contributed by atoms with van der Waals surface area (Å²) in [4.78, 5) is 14.4. The number of hydrogen-bond acceptors (Lipinski definition) is 5. The topological polar surface area (TPSA) is 66.1 Å². The van der Waals surface area contributed by atoms with E-state index in [9.17, 15) is 0 Å². The number of halogens is 1. The van der Waals surface area contributed by atoms with Gasteiger partial charge in [-0.1, -0.05) is 0 Å². The zero-order chi connectivity index (χ0) is 20.6. The van der Waals surface area contributed by atoms with E-state index in [0.717, 1.165) is 88.6 Å². The summed E-state index contributed by atoms with van der Waals surface area (Å²) in [7, 11) is 0. The fourth-order valence-corrected chi connectivity index (χ4v) is 4.24. The molecule has 8 heteroatoms. The Hall–Kier alpha value is -0.870. The van der Waals surface area contributed by atoms with Gasteiger partial charge in [-0.3, -0.25) is 9.89 Å². The minimum atomic E-state index is 0. The number of rotatable bonds is 7. The third kappa shape index (κ3) is 7.37. The van der Waals surface area contributed by atoms with E-state index in [2.05, 4.69) is 33.9 Å². The minimum absolute atomic E-state index is 0. The van der Waals surface area contributed by atoms with Crippen LogP contribution < -0.4 is 5.32 Å². The van der Waals surface area contributed by atoms with Crippen molar-refractivity contribution >= 4 is 29.9 Å². The van der Waals surface area contributed by atoms with Crippen LogP contribution in [0, 0.1) is 19.8 Å². The van der Waals surface area contributed by atoms with Crippen LogP contribution in [0.2, 0.25) is 0 Å². The van der Waals surface area contributed by atoms with Gasteiger partial charge in [0.2, 0.25) is 5.89 Å². The number of nitrogens with one attached hydrogen (secondary N) is 1. The average molecular weight is 533 g/mol. The van der Waals surface area contributed by atoms with Crippen molar-refractivity contribution in [3.05, 3.63) is 17.3 Å². The lowest BCUT2D eigenvalue weighted by Gasteiger charge is -2.34. The number of guanidine groups is 1. The molecule has 2 aliphatic heterocycles. The number of likely N-dealkylation sites (tertiary alicyclic amines) is 2. The van der Waals surface area contributed by atoms with Gasteiger partial charge in [0, 0.05) is 32.8 Å². The van der Waals surface area contributed by atoms with Gasteiger partial charge in [-0.15, -0.1) is 24.0 Å². The Balaban J connectivity index is 0.00000320. The number of ether oxygens (including phenoxy) is 1. The molecule has 30 heavy (non-hydrogen) atoms. The van der Waals surface area contributed by atoms with E-state index in [1.54, 1.807) is 0 Å². The second kappa shape index (κ2) is 12.9. The first-order chi connectivity index (χ1) is 14.1. The zero-order valence-corrected chi connectivity index (χ0v) is 21.5. The average Bonchev–Trinajstić information content (AvgIpc) is 3.04. The van der Waals surface area contributed by atoms with Crippen molar-refractivity contribution in [3.8, 4) is 0 Å². The first-order valence-electron chi connectivity index (χ1n) is 11.4. The molecular formula is C22H40IN5O2. The fourth-order valence-electron chi connectivity index (χ4n) is 4.24. The second-order valence-electron chi connectivity index (χ2n) is 8.31. The van der Waals surface area contributed by atoms with E-state index >= 15 is 0 Å². The van der Waals surface area contributed by atoms with Crippen LogP contribution in [-0.2, 0) is 11.3 Å². The van der Waals surface area contributed by atoms with Crippen LogP contribution in [0.1, 0.15) is 56.9 Å². The molecule has 2 fully saturated rings. The maximum atomic E-state index is 5.78.